The average molecular weight is 546 g/mol. The lowest BCUT2D eigenvalue weighted by Crippen LogP contribution is -2.45. The summed E-state index contributed by atoms with van der Waals surface area (Å²) in [6.07, 6.45) is 1.72. The molecule has 2 atom stereocenters. The summed E-state index contributed by atoms with van der Waals surface area (Å²) in [6, 6.07) is 25.0. The standard InChI is InChI=1S/C31H29ClFN3O3/c32-26-11-5-4-9-23(26)20-36(31(38)28-17-16-27(35-28)21-7-2-1-3-8-21)29(22-12-14-24(33)15-13-22)30(37)34-19-25-10-6-18-39-25/h1-5,7-9,11-17,25,29,35H,6,10,18-20H2,(H,34,37)/t25-,29-/m0/s1. The summed E-state index contributed by atoms with van der Waals surface area (Å²) in [5.74, 6) is -1.20. The zero-order valence-corrected chi connectivity index (χ0v) is 22.0. The topological polar surface area (TPSA) is 74.4 Å². The van der Waals surface area contributed by atoms with Crippen molar-refractivity contribution in [3.05, 3.63) is 119 Å². The predicted molar refractivity (Wildman–Crippen MR) is 149 cm³/mol. The number of ether oxygens (including phenoxy) is 1. The Morgan fingerprint density at radius 1 is 1.00 bits per heavy atom. The molecule has 200 valence electrons. The minimum Gasteiger partial charge on any atom is -0.376 e. The van der Waals surface area contributed by atoms with Crippen LogP contribution in [0.2, 0.25) is 5.02 Å². The SMILES string of the molecule is O=C(NC[C@@H]1CCCO1)[C@H](c1ccc(F)cc1)N(Cc1ccccc1Cl)C(=O)c1ccc(-c2ccccc2)[nH]1. The van der Waals surface area contributed by atoms with Crippen molar-refractivity contribution >= 4 is 23.4 Å². The molecular formula is C31H29ClFN3O3. The predicted octanol–water partition coefficient (Wildman–Crippen LogP) is 6.15. The van der Waals surface area contributed by atoms with E-state index in [1.165, 1.54) is 29.2 Å². The van der Waals surface area contributed by atoms with Gasteiger partial charge in [0.1, 0.15) is 17.6 Å². The average Bonchev–Trinajstić information content (AvgIpc) is 3.67. The molecule has 6 nitrogen and oxygen atoms in total. The molecule has 8 heteroatoms. The monoisotopic (exact) mass is 545 g/mol. The maximum Gasteiger partial charge on any atom is 0.271 e. The molecule has 0 unspecified atom stereocenters. The summed E-state index contributed by atoms with van der Waals surface area (Å²) in [5, 5.41) is 3.44. The van der Waals surface area contributed by atoms with E-state index in [2.05, 4.69) is 10.3 Å². The Bertz CT molecular complexity index is 1420. The number of aromatic amines is 1. The Labute approximate surface area is 231 Å². The van der Waals surface area contributed by atoms with Gasteiger partial charge in [-0.05, 0) is 59.9 Å². The van der Waals surface area contributed by atoms with Crippen LogP contribution in [0, 0.1) is 5.82 Å². The summed E-state index contributed by atoms with van der Waals surface area (Å²) in [6.45, 7) is 1.05. The number of rotatable bonds is 9. The number of H-pyrrole nitrogens is 1. The van der Waals surface area contributed by atoms with Crippen molar-refractivity contribution in [2.24, 2.45) is 0 Å². The van der Waals surface area contributed by atoms with Gasteiger partial charge in [0.05, 0.1) is 6.10 Å². The molecule has 1 aromatic heterocycles. The zero-order valence-electron chi connectivity index (χ0n) is 21.3. The molecule has 5 rings (SSSR count). The first-order chi connectivity index (χ1) is 19.0. The number of carbonyl (C=O) groups is 2. The number of hydrogen-bond donors (Lipinski definition) is 2. The van der Waals surface area contributed by atoms with E-state index < -0.39 is 17.8 Å². The van der Waals surface area contributed by atoms with E-state index in [1.54, 1.807) is 18.2 Å². The molecular weight excluding hydrogens is 517 g/mol. The van der Waals surface area contributed by atoms with Gasteiger partial charge < -0.3 is 19.9 Å². The smallest absolute Gasteiger partial charge is 0.271 e. The molecule has 1 aliphatic heterocycles. The third-order valence-electron chi connectivity index (χ3n) is 6.83. The van der Waals surface area contributed by atoms with Crippen LogP contribution in [0.4, 0.5) is 4.39 Å². The Morgan fingerprint density at radius 2 is 1.74 bits per heavy atom. The molecule has 1 fully saturated rings. The number of hydrogen-bond acceptors (Lipinski definition) is 3. The van der Waals surface area contributed by atoms with E-state index in [0.29, 0.717) is 35.0 Å². The van der Waals surface area contributed by atoms with E-state index >= 15 is 0 Å². The number of halogens is 2. The second kappa shape index (κ2) is 12.3. The van der Waals surface area contributed by atoms with Crippen LogP contribution >= 0.6 is 11.6 Å². The van der Waals surface area contributed by atoms with Gasteiger partial charge in [0, 0.05) is 30.4 Å². The second-order valence-electron chi connectivity index (χ2n) is 9.51. The lowest BCUT2D eigenvalue weighted by Gasteiger charge is -2.32. The van der Waals surface area contributed by atoms with Crippen LogP contribution in [-0.2, 0) is 16.1 Å². The Morgan fingerprint density at radius 3 is 2.46 bits per heavy atom. The minimum absolute atomic E-state index is 0.0631. The minimum atomic E-state index is -1.04. The summed E-state index contributed by atoms with van der Waals surface area (Å²) >= 11 is 6.49. The second-order valence-corrected chi connectivity index (χ2v) is 9.92. The molecule has 1 aliphatic rings. The zero-order chi connectivity index (χ0) is 27.2. The van der Waals surface area contributed by atoms with Gasteiger partial charge in [0.15, 0.2) is 0 Å². The quantitative estimate of drug-likeness (QED) is 0.265. The van der Waals surface area contributed by atoms with Gasteiger partial charge in [0.25, 0.3) is 5.91 Å². The number of amides is 2. The largest absolute Gasteiger partial charge is 0.376 e. The maximum atomic E-state index is 14.1. The molecule has 2 heterocycles. The molecule has 0 aliphatic carbocycles. The van der Waals surface area contributed by atoms with Crippen LogP contribution in [0.5, 0.6) is 0 Å². The first-order valence-electron chi connectivity index (χ1n) is 12.9. The van der Waals surface area contributed by atoms with Gasteiger partial charge in [-0.15, -0.1) is 0 Å². The highest BCUT2D eigenvalue weighted by molar-refractivity contribution is 6.31. The third kappa shape index (κ3) is 6.38. The van der Waals surface area contributed by atoms with Crippen molar-refractivity contribution in [1.29, 1.82) is 0 Å². The highest BCUT2D eigenvalue weighted by Crippen LogP contribution is 2.29. The maximum absolute atomic E-state index is 14.1. The first kappa shape index (κ1) is 26.7. The van der Waals surface area contributed by atoms with E-state index in [0.717, 1.165) is 24.1 Å². The van der Waals surface area contributed by atoms with Crippen molar-refractivity contribution in [2.75, 3.05) is 13.2 Å². The normalized spacial score (nSPS) is 15.6. The fraction of sp³-hybridized carbons (Fsp3) is 0.226. The van der Waals surface area contributed by atoms with E-state index in [4.69, 9.17) is 16.3 Å². The van der Waals surface area contributed by atoms with Gasteiger partial charge in [-0.3, -0.25) is 9.59 Å². The van der Waals surface area contributed by atoms with Crippen molar-refractivity contribution in [3.63, 3.8) is 0 Å². The molecule has 39 heavy (non-hydrogen) atoms. The Balaban J connectivity index is 1.52. The van der Waals surface area contributed by atoms with E-state index in [9.17, 15) is 14.0 Å². The van der Waals surface area contributed by atoms with Crippen molar-refractivity contribution in [1.82, 2.24) is 15.2 Å². The van der Waals surface area contributed by atoms with Gasteiger partial charge in [0.2, 0.25) is 5.91 Å². The molecule has 0 bridgehead atoms. The van der Waals surface area contributed by atoms with Crippen molar-refractivity contribution in [2.45, 2.75) is 31.5 Å². The number of carbonyl (C=O) groups excluding carboxylic acids is 2. The van der Waals surface area contributed by atoms with E-state index in [-0.39, 0.29) is 18.6 Å². The molecule has 1 saturated heterocycles. The van der Waals surface area contributed by atoms with Crippen LogP contribution in [0.15, 0.2) is 91.0 Å². The molecule has 4 aromatic rings. The van der Waals surface area contributed by atoms with Crippen LogP contribution in [0.25, 0.3) is 11.3 Å². The highest BCUT2D eigenvalue weighted by atomic mass is 35.5. The van der Waals surface area contributed by atoms with Gasteiger partial charge in [-0.25, -0.2) is 4.39 Å². The van der Waals surface area contributed by atoms with Gasteiger partial charge in [-0.2, -0.15) is 0 Å². The molecule has 0 spiro atoms. The fourth-order valence-electron chi connectivity index (χ4n) is 4.79. The van der Waals surface area contributed by atoms with Crippen molar-refractivity contribution in [3.8, 4) is 11.3 Å². The van der Waals surface area contributed by atoms with Crippen LogP contribution in [-0.4, -0.2) is 41.0 Å². The lowest BCUT2D eigenvalue weighted by molar-refractivity contribution is -0.126. The number of nitrogens with one attached hydrogen (secondary N) is 2. The van der Waals surface area contributed by atoms with Gasteiger partial charge in [-0.1, -0.05) is 72.3 Å². The molecule has 3 aromatic carbocycles. The first-order valence-corrected chi connectivity index (χ1v) is 13.3. The summed E-state index contributed by atoms with van der Waals surface area (Å²) in [7, 11) is 0. The van der Waals surface area contributed by atoms with E-state index in [1.807, 2.05) is 48.5 Å². The highest BCUT2D eigenvalue weighted by Gasteiger charge is 2.34. The Kier molecular flexibility index (Phi) is 8.39. The number of nitrogens with zero attached hydrogens (tertiary/aromatic N) is 1. The number of benzene rings is 3. The molecule has 0 saturated carbocycles. The Hall–Kier alpha value is -3.94. The third-order valence-corrected chi connectivity index (χ3v) is 7.20. The number of aromatic nitrogens is 1. The fourth-order valence-corrected chi connectivity index (χ4v) is 4.98. The molecule has 2 amide bonds. The summed E-state index contributed by atoms with van der Waals surface area (Å²) in [5.41, 5.74) is 3.19. The van der Waals surface area contributed by atoms with Crippen molar-refractivity contribution < 1.29 is 18.7 Å². The molecule has 2 N–H and O–H groups in total. The van der Waals surface area contributed by atoms with Crippen LogP contribution < -0.4 is 5.32 Å². The lowest BCUT2D eigenvalue weighted by atomic mass is 10.0. The van der Waals surface area contributed by atoms with Crippen LogP contribution in [0.1, 0.15) is 40.5 Å². The summed E-state index contributed by atoms with van der Waals surface area (Å²) in [4.78, 5) is 32.6. The molecule has 0 radical (unpaired) electrons. The van der Waals surface area contributed by atoms with Gasteiger partial charge >= 0.3 is 0 Å². The summed E-state index contributed by atoms with van der Waals surface area (Å²) < 4.78 is 19.5. The van der Waals surface area contributed by atoms with Crippen LogP contribution in [0.3, 0.4) is 0 Å².